The standard InChI is InChI=1S/C14H17N3O2/c18-13-6-4-11(14(19)16-13)10-3-5-12(15-9-10)17-7-1-2-8-17/h3,5,9,11H,1-2,4,6-8H2,(H,16,18,19)/t11-/m1/s1. The molecule has 0 bridgehead atoms. The normalized spacial score (nSPS) is 23.6. The average Bonchev–Trinajstić information content (AvgIpc) is 2.93. The fourth-order valence-corrected chi connectivity index (χ4v) is 2.75. The zero-order valence-electron chi connectivity index (χ0n) is 10.8. The van der Waals surface area contributed by atoms with Crippen molar-refractivity contribution in [3.05, 3.63) is 23.9 Å². The number of hydrogen-bond donors (Lipinski definition) is 1. The number of nitrogens with zero attached hydrogens (tertiary/aromatic N) is 2. The van der Waals surface area contributed by atoms with Crippen LogP contribution in [-0.4, -0.2) is 29.9 Å². The second-order valence-electron chi connectivity index (χ2n) is 5.15. The molecule has 0 radical (unpaired) electrons. The summed E-state index contributed by atoms with van der Waals surface area (Å²) in [7, 11) is 0. The Morgan fingerprint density at radius 2 is 2.00 bits per heavy atom. The van der Waals surface area contributed by atoms with Gasteiger partial charge in [0.25, 0.3) is 0 Å². The topological polar surface area (TPSA) is 62.3 Å². The first kappa shape index (κ1) is 12.1. The minimum Gasteiger partial charge on any atom is -0.357 e. The molecule has 2 amide bonds. The quantitative estimate of drug-likeness (QED) is 0.811. The second-order valence-corrected chi connectivity index (χ2v) is 5.15. The lowest BCUT2D eigenvalue weighted by Gasteiger charge is -2.22. The van der Waals surface area contributed by atoms with Crippen molar-refractivity contribution in [3.8, 4) is 0 Å². The number of pyridine rings is 1. The summed E-state index contributed by atoms with van der Waals surface area (Å²) in [5.41, 5.74) is 0.896. The summed E-state index contributed by atoms with van der Waals surface area (Å²) in [6, 6.07) is 3.94. The number of piperidine rings is 1. The smallest absolute Gasteiger partial charge is 0.234 e. The van der Waals surface area contributed by atoms with Crippen molar-refractivity contribution < 1.29 is 9.59 Å². The summed E-state index contributed by atoms with van der Waals surface area (Å²) in [6.45, 7) is 2.12. The first-order valence-corrected chi connectivity index (χ1v) is 6.78. The van der Waals surface area contributed by atoms with Crippen LogP contribution in [0.3, 0.4) is 0 Å². The van der Waals surface area contributed by atoms with Gasteiger partial charge in [-0.25, -0.2) is 4.98 Å². The third-order valence-corrected chi connectivity index (χ3v) is 3.84. The van der Waals surface area contributed by atoms with Crippen LogP contribution >= 0.6 is 0 Å². The van der Waals surface area contributed by atoms with Crippen LogP contribution in [0.2, 0.25) is 0 Å². The molecule has 0 saturated carbocycles. The van der Waals surface area contributed by atoms with Crippen LogP contribution < -0.4 is 10.2 Å². The van der Waals surface area contributed by atoms with E-state index in [0.717, 1.165) is 24.5 Å². The van der Waals surface area contributed by atoms with Crippen LogP contribution in [0.4, 0.5) is 5.82 Å². The van der Waals surface area contributed by atoms with Gasteiger partial charge in [0, 0.05) is 25.7 Å². The molecule has 1 aromatic heterocycles. The van der Waals surface area contributed by atoms with Gasteiger partial charge in [-0.3, -0.25) is 14.9 Å². The molecule has 0 spiro atoms. The Bertz CT molecular complexity index is 492. The Balaban J connectivity index is 1.75. The highest BCUT2D eigenvalue weighted by atomic mass is 16.2. The lowest BCUT2D eigenvalue weighted by molar-refractivity contribution is -0.134. The SMILES string of the molecule is O=C1CC[C@H](c2ccc(N3CCCC3)nc2)C(=O)N1. The first-order valence-electron chi connectivity index (χ1n) is 6.78. The monoisotopic (exact) mass is 259 g/mol. The molecule has 1 atom stereocenters. The van der Waals surface area contributed by atoms with Crippen LogP contribution in [0, 0.1) is 0 Å². The molecule has 5 nitrogen and oxygen atoms in total. The zero-order valence-corrected chi connectivity index (χ0v) is 10.8. The Morgan fingerprint density at radius 1 is 1.21 bits per heavy atom. The number of hydrogen-bond acceptors (Lipinski definition) is 4. The number of anilines is 1. The van der Waals surface area contributed by atoms with Crippen LogP contribution in [0.15, 0.2) is 18.3 Å². The van der Waals surface area contributed by atoms with E-state index in [9.17, 15) is 9.59 Å². The molecule has 0 aromatic carbocycles. The van der Waals surface area contributed by atoms with Crippen LogP contribution in [-0.2, 0) is 9.59 Å². The molecule has 1 aromatic rings. The van der Waals surface area contributed by atoms with E-state index in [0.29, 0.717) is 12.8 Å². The third kappa shape index (κ3) is 2.45. The Kier molecular flexibility index (Phi) is 3.19. The largest absolute Gasteiger partial charge is 0.357 e. The van der Waals surface area contributed by atoms with E-state index in [1.165, 1.54) is 12.8 Å². The highest BCUT2D eigenvalue weighted by Crippen LogP contribution is 2.26. The Morgan fingerprint density at radius 3 is 2.63 bits per heavy atom. The fraction of sp³-hybridized carbons (Fsp3) is 0.500. The molecule has 2 aliphatic heterocycles. The number of rotatable bonds is 2. The van der Waals surface area contributed by atoms with Gasteiger partial charge >= 0.3 is 0 Å². The highest BCUT2D eigenvalue weighted by molar-refractivity contribution is 6.00. The highest BCUT2D eigenvalue weighted by Gasteiger charge is 2.28. The summed E-state index contributed by atoms with van der Waals surface area (Å²) in [4.78, 5) is 29.6. The molecule has 1 N–H and O–H groups in total. The van der Waals surface area contributed by atoms with E-state index in [4.69, 9.17) is 0 Å². The number of nitrogens with one attached hydrogen (secondary N) is 1. The Hall–Kier alpha value is -1.91. The lowest BCUT2D eigenvalue weighted by atomic mass is 9.92. The molecule has 3 heterocycles. The first-order chi connectivity index (χ1) is 9.24. The summed E-state index contributed by atoms with van der Waals surface area (Å²) in [6.07, 6.45) is 5.19. The van der Waals surface area contributed by atoms with Gasteiger partial charge in [-0.15, -0.1) is 0 Å². The summed E-state index contributed by atoms with van der Waals surface area (Å²) < 4.78 is 0. The lowest BCUT2D eigenvalue weighted by Crippen LogP contribution is -2.39. The van der Waals surface area contributed by atoms with E-state index >= 15 is 0 Å². The summed E-state index contributed by atoms with van der Waals surface area (Å²) in [5.74, 6) is 0.362. The molecule has 2 saturated heterocycles. The molecule has 5 heteroatoms. The van der Waals surface area contributed by atoms with Gasteiger partial charge < -0.3 is 4.90 Å². The average molecular weight is 259 g/mol. The van der Waals surface area contributed by atoms with E-state index in [-0.39, 0.29) is 17.7 Å². The molecule has 19 heavy (non-hydrogen) atoms. The molecule has 0 aliphatic carbocycles. The number of amides is 2. The van der Waals surface area contributed by atoms with Crippen LogP contribution in [0.1, 0.15) is 37.2 Å². The van der Waals surface area contributed by atoms with Gasteiger partial charge in [-0.2, -0.15) is 0 Å². The fourth-order valence-electron chi connectivity index (χ4n) is 2.75. The number of carbonyl (C=O) groups is 2. The number of imide groups is 1. The van der Waals surface area contributed by atoms with E-state index in [1.807, 2.05) is 12.1 Å². The van der Waals surface area contributed by atoms with Crippen molar-refractivity contribution in [2.75, 3.05) is 18.0 Å². The van der Waals surface area contributed by atoms with Gasteiger partial charge in [0.15, 0.2) is 0 Å². The maximum Gasteiger partial charge on any atom is 0.234 e. The van der Waals surface area contributed by atoms with Crippen molar-refractivity contribution in [1.82, 2.24) is 10.3 Å². The molecule has 2 aliphatic rings. The van der Waals surface area contributed by atoms with Gasteiger partial charge in [0.2, 0.25) is 11.8 Å². The molecular formula is C14H17N3O2. The predicted octanol–water partition coefficient (Wildman–Crippen LogP) is 1.20. The predicted molar refractivity (Wildman–Crippen MR) is 70.8 cm³/mol. The van der Waals surface area contributed by atoms with Crippen molar-refractivity contribution in [1.29, 1.82) is 0 Å². The Labute approximate surface area is 112 Å². The van der Waals surface area contributed by atoms with E-state index in [1.54, 1.807) is 6.20 Å². The van der Waals surface area contributed by atoms with Crippen LogP contribution in [0.25, 0.3) is 0 Å². The van der Waals surface area contributed by atoms with Gasteiger partial charge in [0.05, 0.1) is 5.92 Å². The summed E-state index contributed by atoms with van der Waals surface area (Å²) in [5, 5.41) is 2.38. The minimum atomic E-state index is -0.238. The third-order valence-electron chi connectivity index (χ3n) is 3.84. The maximum atomic E-state index is 11.8. The van der Waals surface area contributed by atoms with Gasteiger partial charge in [-0.1, -0.05) is 6.07 Å². The van der Waals surface area contributed by atoms with E-state index < -0.39 is 0 Å². The van der Waals surface area contributed by atoms with Crippen molar-refractivity contribution in [2.45, 2.75) is 31.6 Å². The van der Waals surface area contributed by atoms with Gasteiger partial charge in [0.1, 0.15) is 5.82 Å². The molecular weight excluding hydrogens is 242 g/mol. The molecule has 100 valence electrons. The second kappa shape index (κ2) is 4.99. The zero-order chi connectivity index (χ0) is 13.2. The van der Waals surface area contributed by atoms with Gasteiger partial charge in [-0.05, 0) is 30.9 Å². The molecule has 0 unspecified atom stereocenters. The maximum absolute atomic E-state index is 11.8. The number of carbonyl (C=O) groups excluding carboxylic acids is 2. The van der Waals surface area contributed by atoms with Crippen molar-refractivity contribution >= 4 is 17.6 Å². The van der Waals surface area contributed by atoms with Crippen LogP contribution in [0.5, 0.6) is 0 Å². The van der Waals surface area contributed by atoms with Crippen molar-refractivity contribution in [2.24, 2.45) is 0 Å². The number of aromatic nitrogens is 1. The molecule has 2 fully saturated rings. The molecule has 3 rings (SSSR count). The van der Waals surface area contributed by atoms with E-state index in [2.05, 4.69) is 15.2 Å². The summed E-state index contributed by atoms with van der Waals surface area (Å²) >= 11 is 0. The minimum absolute atomic E-state index is 0.178. The van der Waals surface area contributed by atoms with Crippen molar-refractivity contribution in [3.63, 3.8) is 0 Å².